The molecule has 0 saturated carbocycles. The quantitative estimate of drug-likeness (QED) is 0.777. The van der Waals surface area contributed by atoms with E-state index in [2.05, 4.69) is 5.32 Å². The highest BCUT2D eigenvalue weighted by Crippen LogP contribution is 2.23. The highest BCUT2D eigenvalue weighted by atomic mass is 16.5. The van der Waals surface area contributed by atoms with Gasteiger partial charge >= 0.3 is 5.97 Å². The van der Waals surface area contributed by atoms with Crippen LogP contribution in [-0.4, -0.2) is 29.6 Å². The third-order valence-electron chi connectivity index (χ3n) is 3.29. The molecule has 20 heavy (non-hydrogen) atoms. The number of hydrogen-bond acceptors (Lipinski definition) is 3. The molecule has 1 heterocycles. The Bertz CT molecular complexity index is 487. The summed E-state index contributed by atoms with van der Waals surface area (Å²) < 4.78 is 5.60. The molecule has 0 spiro atoms. The number of carboxylic acids is 1. The van der Waals surface area contributed by atoms with Crippen molar-refractivity contribution in [2.45, 2.75) is 38.1 Å². The summed E-state index contributed by atoms with van der Waals surface area (Å²) in [6.07, 6.45) is 2.39. The highest BCUT2D eigenvalue weighted by molar-refractivity contribution is 5.76. The molecule has 0 radical (unpaired) electrons. The Kier molecular flexibility index (Phi) is 4.98. The second kappa shape index (κ2) is 6.93. The molecule has 0 saturated heterocycles. The van der Waals surface area contributed by atoms with Gasteiger partial charge in [-0.05, 0) is 30.9 Å². The summed E-state index contributed by atoms with van der Waals surface area (Å²) in [7, 11) is 0. The Balaban J connectivity index is 1.72. The maximum atomic E-state index is 11.8. The van der Waals surface area contributed by atoms with E-state index in [0.717, 1.165) is 17.7 Å². The van der Waals surface area contributed by atoms with Gasteiger partial charge < -0.3 is 15.2 Å². The predicted molar refractivity (Wildman–Crippen MR) is 73.7 cm³/mol. The Morgan fingerprint density at radius 1 is 1.25 bits per heavy atom. The maximum absolute atomic E-state index is 11.8. The molecule has 1 amide bonds. The highest BCUT2D eigenvalue weighted by Gasteiger charge is 2.20. The van der Waals surface area contributed by atoms with Crippen molar-refractivity contribution >= 4 is 11.9 Å². The van der Waals surface area contributed by atoms with Crippen LogP contribution >= 0.6 is 0 Å². The smallest absolute Gasteiger partial charge is 0.303 e. The van der Waals surface area contributed by atoms with Gasteiger partial charge in [0.2, 0.25) is 5.91 Å². The first kappa shape index (κ1) is 14.4. The van der Waals surface area contributed by atoms with Gasteiger partial charge in [0, 0.05) is 12.8 Å². The van der Waals surface area contributed by atoms with Gasteiger partial charge in [0.15, 0.2) is 0 Å². The molecule has 1 unspecified atom stereocenters. The summed E-state index contributed by atoms with van der Waals surface area (Å²) in [5, 5.41) is 11.5. The molecule has 5 nitrogen and oxygen atoms in total. The summed E-state index contributed by atoms with van der Waals surface area (Å²) in [6.45, 7) is 0.484. The van der Waals surface area contributed by atoms with E-state index in [4.69, 9.17) is 9.84 Å². The summed E-state index contributed by atoms with van der Waals surface area (Å²) in [6, 6.07) is 7.81. The first-order valence-electron chi connectivity index (χ1n) is 6.87. The third kappa shape index (κ3) is 4.26. The van der Waals surface area contributed by atoms with Crippen molar-refractivity contribution < 1.29 is 19.4 Å². The number of carbonyl (C=O) groups excluding carboxylic acids is 1. The van der Waals surface area contributed by atoms with Crippen LogP contribution in [0.2, 0.25) is 0 Å². The number of carboxylic acid groups (broad SMARTS) is 1. The van der Waals surface area contributed by atoms with Crippen LogP contribution in [0, 0.1) is 0 Å². The Labute approximate surface area is 117 Å². The minimum Gasteiger partial charge on any atom is -0.491 e. The fraction of sp³-hybridized carbons (Fsp3) is 0.467. The lowest BCUT2D eigenvalue weighted by molar-refractivity contribution is -0.137. The molecule has 1 aromatic carbocycles. The number of para-hydroxylation sites is 1. The van der Waals surface area contributed by atoms with E-state index in [-0.39, 0.29) is 18.4 Å². The Hall–Kier alpha value is -2.04. The number of amides is 1. The molecule has 5 heteroatoms. The van der Waals surface area contributed by atoms with Crippen molar-refractivity contribution in [1.82, 2.24) is 5.32 Å². The molecule has 1 aliphatic rings. The number of fused-ring (bicyclic) bond motifs is 1. The van der Waals surface area contributed by atoms with Gasteiger partial charge in [-0.1, -0.05) is 18.2 Å². The third-order valence-corrected chi connectivity index (χ3v) is 3.29. The number of unbranched alkanes of at least 4 members (excludes halogenated alkanes) is 1. The lowest BCUT2D eigenvalue weighted by atomic mass is 10.0. The van der Waals surface area contributed by atoms with Crippen LogP contribution in [0.5, 0.6) is 5.75 Å². The first-order valence-corrected chi connectivity index (χ1v) is 6.87. The number of nitrogens with one attached hydrogen (secondary N) is 1. The fourth-order valence-corrected chi connectivity index (χ4v) is 2.28. The minimum absolute atomic E-state index is 0.00289. The molecule has 2 N–H and O–H groups in total. The molecular weight excluding hydrogens is 258 g/mol. The van der Waals surface area contributed by atoms with Gasteiger partial charge in [0.1, 0.15) is 12.4 Å². The van der Waals surface area contributed by atoms with E-state index in [1.165, 1.54) is 0 Å². The summed E-state index contributed by atoms with van der Waals surface area (Å²) >= 11 is 0. The molecule has 1 atom stereocenters. The van der Waals surface area contributed by atoms with Crippen LogP contribution in [0.25, 0.3) is 0 Å². The average molecular weight is 277 g/mol. The van der Waals surface area contributed by atoms with Gasteiger partial charge in [-0.15, -0.1) is 0 Å². The van der Waals surface area contributed by atoms with Crippen LogP contribution in [0.1, 0.15) is 31.2 Å². The van der Waals surface area contributed by atoms with E-state index >= 15 is 0 Å². The van der Waals surface area contributed by atoms with Crippen molar-refractivity contribution in [3.05, 3.63) is 29.8 Å². The molecule has 0 bridgehead atoms. The Morgan fingerprint density at radius 2 is 2.00 bits per heavy atom. The van der Waals surface area contributed by atoms with Gasteiger partial charge in [-0.2, -0.15) is 0 Å². The standard InChI is InChI=1S/C15H19NO4/c17-14(7-3-4-8-15(18)19)16-12-9-11-5-1-2-6-13(11)20-10-12/h1-2,5-6,12H,3-4,7-10H2,(H,16,17)(H,18,19). The first-order chi connectivity index (χ1) is 9.65. The van der Waals surface area contributed by atoms with Crippen LogP contribution in [0.4, 0.5) is 0 Å². The molecule has 1 aliphatic heterocycles. The molecule has 1 aromatic rings. The van der Waals surface area contributed by atoms with Crippen LogP contribution in [0.15, 0.2) is 24.3 Å². The predicted octanol–water partition coefficient (Wildman–Crippen LogP) is 1.75. The minimum atomic E-state index is -0.817. The largest absolute Gasteiger partial charge is 0.491 e. The van der Waals surface area contributed by atoms with Crippen molar-refractivity contribution in [3.63, 3.8) is 0 Å². The zero-order chi connectivity index (χ0) is 14.4. The fourth-order valence-electron chi connectivity index (χ4n) is 2.28. The molecule has 2 rings (SSSR count). The average Bonchev–Trinajstić information content (AvgIpc) is 2.43. The van der Waals surface area contributed by atoms with Crippen molar-refractivity contribution in [2.75, 3.05) is 6.61 Å². The SMILES string of the molecule is O=C(O)CCCCC(=O)NC1COc2ccccc2C1. The van der Waals surface area contributed by atoms with Gasteiger partial charge in [-0.25, -0.2) is 0 Å². The number of rotatable bonds is 6. The lowest BCUT2D eigenvalue weighted by Gasteiger charge is -2.26. The maximum Gasteiger partial charge on any atom is 0.303 e. The monoisotopic (exact) mass is 277 g/mol. The molecule has 0 fully saturated rings. The van der Waals surface area contributed by atoms with E-state index < -0.39 is 5.97 Å². The van der Waals surface area contributed by atoms with E-state index in [9.17, 15) is 9.59 Å². The normalized spacial score (nSPS) is 16.9. The second-order valence-corrected chi connectivity index (χ2v) is 4.99. The molecule has 0 aliphatic carbocycles. The number of aliphatic carboxylic acids is 1. The summed E-state index contributed by atoms with van der Waals surface area (Å²) in [4.78, 5) is 22.1. The Morgan fingerprint density at radius 3 is 2.80 bits per heavy atom. The van der Waals surface area contributed by atoms with Gasteiger partial charge in [-0.3, -0.25) is 9.59 Å². The molecular formula is C15H19NO4. The van der Waals surface area contributed by atoms with E-state index in [1.54, 1.807) is 0 Å². The number of ether oxygens (including phenoxy) is 1. The van der Waals surface area contributed by atoms with E-state index in [0.29, 0.717) is 25.9 Å². The molecule has 108 valence electrons. The topological polar surface area (TPSA) is 75.6 Å². The second-order valence-electron chi connectivity index (χ2n) is 4.99. The zero-order valence-corrected chi connectivity index (χ0v) is 11.3. The van der Waals surface area contributed by atoms with E-state index in [1.807, 2.05) is 24.3 Å². The summed E-state index contributed by atoms with van der Waals surface area (Å²) in [5.74, 6) is 0.0329. The zero-order valence-electron chi connectivity index (χ0n) is 11.3. The van der Waals surface area contributed by atoms with Gasteiger partial charge in [0.25, 0.3) is 0 Å². The molecule has 0 aromatic heterocycles. The van der Waals surface area contributed by atoms with Crippen molar-refractivity contribution in [1.29, 1.82) is 0 Å². The van der Waals surface area contributed by atoms with Crippen LogP contribution < -0.4 is 10.1 Å². The van der Waals surface area contributed by atoms with Crippen molar-refractivity contribution in [3.8, 4) is 5.75 Å². The number of benzene rings is 1. The number of hydrogen-bond donors (Lipinski definition) is 2. The van der Waals surface area contributed by atoms with Gasteiger partial charge in [0.05, 0.1) is 6.04 Å². The van der Waals surface area contributed by atoms with Crippen LogP contribution in [-0.2, 0) is 16.0 Å². The summed E-state index contributed by atoms with van der Waals surface area (Å²) in [5.41, 5.74) is 1.11. The van der Waals surface area contributed by atoms with Crippen LogP contribution in [0.3, 0.4) is 0 Å². The number of carbonyl (C=O) groups is 2. The lowest BCUT2D eigenvalue weighted by Crippen LogP contribution is -2.42. The van der Waals surface area contributed by atoms with Crippen molar-refractivity contribution in [2.24, 2.45) is 0 Å².